The Morgan fingerprint density at radius 1 is 1.29 bits per heavy atom. The number of primary amides is 1. The number of amides is 1. The number of H-pyrrole nitrogens is 1. The van der Waals surface area contributed by atoms with Crippen LogP contribution in [0.25, 0.3) is 10.9 Å². The lowest BCUT2D eigenvalue weighted by molar-refractivity contribution is -0.125. The highest BCUT2D eigenvalue weighted by atomic mass is 16.5. The van der Waals surface area contributed by atoms with E-state index in [1.165, 1.54) is 31.0 Å². The summed E-state index contributed by atoms with van der Waals surface area (Å²) >= 11 is 0. The summed E-state index contributed by atoms with van der Waals surface area (Å²) in [5.74, 6) is -1.17. The summed E-state index contributed by atoms with van der Waals surface area (Å²) in [5, 5.41) is 1.07. The molecule has 3 rings (SSSR count). The molecule has 1 aliphatic carbocycles. The van der Waals surface area contributed by atoms with Crippen LogP contribution in [0.5, 0.6) is 0 Å². The van der Waals surface area contributed by atoms with Crippen molar-refractivity contribution in [1.29, 1.82) is 0 Å². The van der Waals surface area contributed by atoms with E-state index in [-0.39, 0.29) is 0 Å². The van der Waals surface area contributed by atoms with E-state index < -0.39 is 18.0 Å². The molecule has 0 saturated heterocycles. The van der Waals surface area contributed by atoms with Crippen LogP contribution in [0.2, 0.25) is 0 Å². The monoisotopic (exact) mass is 286 g/mol. The quantitative estimate of drug-likeness (QED) is 0.847. The van der Waals surface area contributed by atoms with Crippen LogP contribution in [0, 0.1) is 0 Å². The molecule has 0 bridgehead atoms. The normalized spacial score (nSPS) is 15.5. The summed E-state index contributed by atoms with van der Waals surface area (Å²) in [4.78, 5) is 26.4. The largest absolute Gasteiger partial charge is 0.449 e. The number of benzene rings is 1. The molecule has 1 aromatic carbocycles. The molecule has 21 heavy (non-hydrogen) atoms. The van der Waals surface area contributed by atoms with E-state index >= 15 is 0 Å². The number of carbonyl (C=O) groups excluding carboxylic acids is 2. The zero-order valence-corrected chi connectivity index (χ0v) is 11.9. The zero-order chi connectivity index (χ0) is 15.0. The smallest absolute Gasteiger partial charge is 0.338 e. The number of fused-ring (bicyclic) bond motifs is 3. The zero-order valence-electron chi connectivity index (χ0n) is 11.9. The fraction of sp³-hybridized carbons (Fsp3) is 0.375. The molecule has 1 atom stereocenters. The van der Waals surface area contributed by atoms with Gasteiger partial charge in [-0.3, -0.25) is 4.79 Å². The number of rotatable bonds is 3. The first-order chi connectivity index (χ1) is 10.1. The van der Waals surface area contributed by atoms with Crippen LogP contribution < -0.4 is 5.73 Å². The van der Waals surface area contributed by atoms with Crippen molar-refractivity contribution in [2.24, 2.45) is 5.73 Å². The molecule has 0 radical (unpaired) electrons. The average Bonchev–Trinajstić information content (AvgIpc) is 2.84. The van der Waals surface area contributed by atoms with E-state index in [0.29, 0.717) is 5.56 Å². The third-order valence-electron chi connectivity index (χ3n) is 4.02. The van der Waals surface area contributed by atoms with Crippen molar-refractivity contribution in [1.82, 2.24) is 4.98 Å². The van der Waals surface area contributed by atoms with Gasteiger partial charge in [-0.25, -0.2) is 4.79 Å². The summed E-state index contributed by atoms with van der Waals surface area (Å²) in [6.07, 6.45) is 3.54. The number of aromatic amines is 1. The highest BCUT2D eigenvalue weighted by Crippen LogP contribution is 2.29. The van der Waals surface area contributed by atoms with Crippen LogP contribution in [-0.2, 0) is 22.4 Å². The molecule has 0 aliphatic heterocycles. The van der Waals surface area contributed by atoms with Crippen molar-refractivity contribution in [3.05, 3.63) is 35.0 Å². The van der Waals surface area contributed by atoms with Gasteiger partial charge in [-0.2, -0.15) is 0 Å². The molecule has 3 N–H and O–H groups in total. The fourth-order valence-corrected chi connectivity index (χ4v) is 2.82. The van der Waals surface area contributed by atoms with Crippen LogP contribution in [0.1, 0.15) is 41.4 Å². The lowest BCUT2D eigenvalue weighted by atomic mass is 9.95. The number of aryl methyl sites for hydroxylation is 2. The molecule has 1 aliphatic rings. The highest BCUT2D eigenvalue weighted by Gasteiger charge is 2.19. The number of aromatic nitrogens is 1. The Kier molecular flexibility index (Phi) is 3.41. The molecule has 0 spiro atoms. The maximum absolute atomic E-state index is 12.1. The van der Waals surface area contributed by atoms with Gasteiger partial charge < -0.3 is 15.5 Å². The lowest BCUT2D eigenvalue weighted by Gasteiger charge is -2.11. The molecule has 1 unspecified atom stereocenters. The van der Waals surface area contributed by atoms with E-state index in [4.69, 9.17) is 10.5 Å². The van der Waals surface area contributed by atoms with Crippen LogP contribution in [0.3, 0.4) is 0 Å². The number of ether oxygens (including phenoxy) is 1. The number of carbonyl (C=O) groups is 2. The predicted octanol–water partition coefficient (Wildman–Crippen LogP) is 2.08. The van der Waals surface area contributed by atoms with Crippen molar-refractivity contribution < 1.29 is 14.3 Å². The topological polar surface area (TPSA) is 85.2 Å². The molecule has 2 aromatic rings. The van der Waals surface area contributed by atoms with Gasteiger partial charge in [0.1, 0.15) is 0 Å². The van der Waals surface area contributed by atoms with Gasteiger partial charge in [0.2, 0.25) is 0 Å². The van der Waals surface area contributed by atoms with E-state index in [2.05, 4.69) is 4.98 Å². The number of hydrogen-bond donors (Lipinski definition) is 2. The lowest BCUT2D eigenvalue weighted by Crippen LogP contribution is -2.30. The Hall–Kier alpha value is -2.30. The number of esters is 1. The average molecular weight is 286 g/mol. The SMILES string of the molecule is CC(OC(=O)c1ccc2[nH]c3c(c2c1)CCCC3)C(N)=O. The van der Waals surface area contributed by atoms with Crippen LogP contribution in [0.4, 0.5) is 0 Å². The van der Waals surface area contributed by atoms with Gasteiger partial charge in [-0.05, 0) is 56.4 Å². The number of nitrogens with two attached hydrogens (primary N) is 1. The van der Waals surface area contributed by atoms with Gasteiger partial charge in [0.05, 0.1) is 5.56 Å². The van der Waals surface area contributed by atoms with Crippen molar-refractivity contribution in [2.45, 2.75) is 38.7 Å². The minimum atomic E-state index is -0.923. The van der Waals surface area contributed by atoms with E-state index in [9.17, 15) is 9.59 Å². The van der Waals surface area contributed by atoms with Crippen LogP contribution >= 0.6 is 0 Å². The molecular weight excluding hydrogens is 268 g/mol. The molecule has 5 nitrogen and oxygen atoms in total. The minimum Gasteiger partial charge on any atom is -0.449 e. The first-order valence-corrected chi connectivity index (χ1v) is 7.20. The van der Waals surface area contributed by atoms with E-state index in [1.807, 2.05) is 12.1 Å². The molecule has 1 aromatic heterocycles. The van der Waals surface area contributed by atoms with E-state index in [0.717, 1.165) is 23.7 Å². The van der Waals surface area contributed by atoms with Crippen molar-refractivity contribution in [3.8, 4) is 0 Å². The summed E-state index contributed by atoms with van der Waals surface area (Å²) in [7, 11) is 0. The third kappa shape index (κ3) is 2.51. The van der Waals surface area contributed by atoms with Crippen LogP contribution in [0.15, 0.2) is 18.2 Å². The van der Waals surface area contributed by atoms with Crippen molar-refractivity contribution in [3.63, 3.8) is 0 Å². The van der Waals surface area contributed by atoms with Crippen molar-refractivity contribution >= 4 is 22.8 Å². The first kappa shape index (κ1) is 13.7. The van der Waals surface area contributed by atoms with Gasteiger partial charge >= 0.3 is 5.97 Å². The number of nitrogens with one attached hydrogen (secondary N) is 1. The predicted molar refractivity (Wildman–Crippen MR) is 79.0 cm³/mol. The Labute approximate surface area is 122 Å². The molecular formula is C16H18N2O3. The highest BCUT2D eigenvalue weighted by molar-refractivity contribution is 5.97. The van der Waals surface area contributed by atoms with Gasteiger partial charge in [0, 0.05) is 16.6 Å². The van der Waals surface area contributed by atoms with E-state index in [1.54, 1.807) is 6.07 Å². The van der Waals surface area contributed by atoms with Crippen LogP contribution in [-0.4, -0.2) is 23.0 Å². The molecule has 5 heteroatoms. The minimum absolute atomic E-state index is 0.447. The molecule has 1 amide bonds. The summed E-state index contributed by atoms with van der Waals surface area (Å²) in [6, 6.07) is 5.44. The van der Waals surface area contributed by atoms with Gasteiger partial charge in [-0.1, -0.05) is 0 Å². The second kappa shape index (κ2) is 5.24. The summed E-state index contributed by atoms with van der Waals surface area (Å²) in [5.41, 5.74) is 9.17. The second-order valence-corrected chi connectivity index (χ2v) is 5.50. The molecule has 0 fully saturated rings. The Morgan fingerprint density at radius 2 is 2.05 bits per heavy atom. The van der Waals surface area contributed by atoms with Gasteiger partial charge in [-0.15, -0.1) is 0 Å². The first-order valence-electron chi connectivity index (χ1n) is 7.20. The Bertz CT molecular complexity index is 718. The third-order valence-corrected chi connectivity index (χ3v) is 4.02. The van der Waals surface area contributed by atoms with Crippen molar-refractivity contribution in [2.75, 3.05) is 0 Å². The molecule has 1 heterocycles. The maximum Gasteiger partial charge on any atom is 0.338 e. The Morgan fingerprint density at radius 3 is 2.81 bits per heavy atom. The Balaban J connectivity index is 1.93. The summed E-state index contributed by atoms with van der Waals surface area (Å²) < 4.78 is 5.04. The second-order valence-electron chi connectivity index (χ2n) is 5.50. The number of hydrogen-bond acceptors (Lipinski definition) is 3. The van der Waals surface area contributed by atoms with Gasteiger partial charge in [0.15, 0.2) is 6.10 Å². The standard InChI is InChI=1S/C16H18N2O3/c1-9(15(17)19)21-16(20)10-6-7-14-12(8-10)11-4-2-3-5-13(11)18-14/h6-9,18H,2-5H2,1H3,(H2,17,19). The molecule has 0 saturated carbocycles. The van der Waals surface area contributed by atoms with Gasteiger partial charge in [0.25, 0.3) is 5.91 Å². The maximum atomic E-state index is 12.1. The summed E-state index contributed by atoms with van der Waals surface area (Å²) in [6.45, 7) is 1.47. The fourth-order valence-electron chi connectivity index (χ4n) is 2.82. The molecule has 110 valence electrons.